The highest BCUT2D eigenvalue weighted by molar-refractivity contribution is 5.54. The number of para-hydroxylation sites is 1. The Kier molecular flexibility index (Phi) is 6.90. The average molecular weight is 476 g/mol. The predicted molar refractivity (Wildman–Crippen MR) is 137 cm³/mol. The van der Waals surface area contributed by atoms with Crippen LogP contribution in [0.2, 0.25) is 0 Å². The van der Waals surface area contributed by atoms with Crippen molar-refractivity contribution < 1.29 is 14.2 Å². The number of rotatable bonds is 7. The first kappa shape index (κ1) is 23.2. The van der Waals surface area contributed by atoms with Gasteiger partial charge in [-0.3, -0.25) is 4.90 Å². The number of hydrogen-bond donors (Lipinski definition) is 0. The molecule has 2 aromatic carbocycles. The lowest BCUT2D eigenvalue weighted by atomic mass is 10.1. The zero-order chi connectivity index (χ0) is 24.2. The summed E-state index contributed by atoms with van der Waals surface area (Å²) in [5.41, 5.74) is 4.78. The summed E-state index contributed by atoms with van der Waals surface area (Å²) in [6.45, 7) is 6.39. The highest BCUT2D eigenvalue weighted by atomic mass is 16.5. The van der Waals surface area contributed by atoms with Gasteiger partial charge in [-0.2, -0.15) is 0 Å². The molecule has 0 spiro atoms. The molecule has 0 radical (unpaired) electrons. The molecular weight excluding hydrogens is 442 g/mol. The van der Waals surface area contributed by atoms with Crippen molar-refractivity contribution in [3.63, 3.8) is 0 Å². The number of nitrogens with zero attached hydrogens (tertiary/aromatic N) is 5. The van der Waals surface area contributed by atoms with Crippen LogP contribution in [-0.4, -0.2) is 68.9 Å². The molecule has 2 aliphatic rings. The number of ether oxygens (including phenoxy) is 3. The summed E-state index contributed by atoms with van der Waals surface area (Å²) in [7, 11) is 4.92. The molecule has 3 heterocycles. The van der Waals surface area contributed by atoms with Crippen molar-refractivity contribution in [3.8, 4) is 17.2 Å². The molecule has 0 aliphatic carbocycles. The highest BCUT2D eigenvalue weighted by Crippen LogP contribution is 2.38. The Morgan fingerprint density at radius 1 is 0.829 bits per heavy atom. The van der Waals surface area contributed by atoms with E-state index in [2.05, 4.69) is 45.0 Å². The number of benzene rings is 2. The van der Waals surface area contributed by atoms with Gasteiger partial charge in [0.05, 0.1) is 27.0 Å². The largest absolute Gasteiger partial charge is 0.493 e. The van der Waals surface area contributed by atoms with E-state index in [-0.39, 0.29) is 0 Å². The van der Waals surface area contributed by atoms with Gasteiger partial charge in [-0.25, -0.2) is 9.97 Å². The first-order valence-electron chi connectivity index (χ1n) is 12.1. The van der Waals surface area contributed by atoms with Crippen molar-refractivity contribution in [1.29, 1.82) is 0 Å². The molecule has 0 bridgehead atoms. The first-order chi connectivity index (χ1) is 17.2. The molecule has 0 N–H and O–H groups in total. The van der Waals surface area contributed by atoms with E-state index in [4.69, 9.17) is 24.2 Å². The average Bonchev–Trinajstić information content (AvgIpc) is 2.92. The van der Waals surface area contributed by atoms with Gasteiger partial charge >= 0.3 is 0 Å². The third-order valence-corrected chi connectivity index (χ3v) is 6.81. The van der Waals surface area contributed by atoms with Gasteiger partial charge in [-0.05, 0) is 29.8 Å². The third-order valence-electron chi connectivity index (χ3n) is 6.81. The van der Waals surface area contributed by atoms with E-state index >= 15 is 0 Å². The standard InChI is InChI=1S/C27H33N5O3/c1-33-24-15-20(16-25(34-2)26(24)35-3)18-30-10-9-23-21(19-30)17-28-27(29-23)32-13-11-31(12-14-32)22-7-5-4-6-8-22/h4-8,15-17H,9-14,18-19H2,1-3H3. The van der Waals surface area contributed by atoms with Crippen LogP contribution in [0.5, 0.6) is 17.2 Å². The Bertz CT molecular complexity index is 1120. The van der Waals surface area contributed by atoms with E-state index in [9.17, 15) is 0 Å². The van der Waals surface area contributed by atoms with Crippen LogP contribution in [0.3, 0.4) is 0 Å². The summed E-state index contributed by atoms with van der Waals surface area (Å²) in [6.07, 6.45) is 2.93. The second kappa shape index (κ2) is 10.4. The van der Waals surface area contributed by atoms with Crippen LogP contribution in [0.25, 0.3) is 0 Å². The van der Waals surface area contributed by atoms with Crippen molar-refractivity contribution in [2.45, 2.75) is 19.5 Å². The number of methoxy groups -OCH3 is 3. The van der Waals surface area contributed by atoms with Crippen LogP contribution in [0.4, 0.5) is 11.6 Å². The van der Waals surface area contributed by atoms with E-state index in [0.717, 1.165) is 63.7 Å². The first-order valence-corrected chi connectivity index (χ1v) is 12.1. The van der Waals surface area contributed by atoms with Crippen LogP contribution in [0.1, 0.15) is 16.8 Å². The number of hydrogen-bond acceptors (Lipinski definition) is 8. The highest BCUT2D eigenvalue weighted by Gasteiger charge is 2.23. The summed E-state index contributed by atoms with van der Waals surface area (Å²) in [5, 5.41) is 0. The van der Waals surface area contributed by atoms with Crippen LogP contribution < -0.4 is 24.0 Å². The van der Waals surface area contributed by atoms with Crippen molar-refractivity contribution in [3.05, 3.63) is 65.5 Å². The minimum Gasteiger partial charge on any atom is -0.493 e. The second-order valence-corrected chi connectivity index (χ2v) is 8.95. The maximum absolute atomic E-state index is 5.52. The Balaban J connectivity index is 1.23. The fourth-order valence-electron chi connectivity index (χ4n) is 4.94. The minimum absolute atomic E-state index is 0.619. The second-order valence-electron chi connectivity index (χ2n) is 8.95. The molecule has 3 aromatic rings. The molecule has 8 nitrogen and oxygen atoms in total. The maximum atomic E-state index is 5.52. The third kappa shape index (κ3) is 4.98. The SMILES string of the molecule is COc1cc(CN2CCc3nc(N4CCN(c5ccccc5)CC4)ncc3C2)cc(OC)c1OC. The monoisotopic (exact) mass is 475 g/mol. The van der Waals surface area contributed by atoms with Gasteiger partial charge in [0.2, 0.25) is 11.7 Å². The topological polar surface area (TPSA) is 63.2 Å². The van der Waals surface area contributed by atoms with Crippen LogP contribution >= 0.6 is 0 Å². The Morgan fingerprint density at radius 2 is 1.51 bits per heavy atom. The Morgan fingerprint density at radius 3 is 2.17 bits per heavy atom. The maximum Gasteiger partial charge on any atom is 0.225 e. The zero-order valence-electron chi connectivity index (χ0n) is 20.7. The lowest BCUT2D eigenvalue weighted by Crippen LogP contribution is -2.47. The Hall–Kier alpha value is -3.52. The molecular formula is C27H33N5O3. The van der Waals surface area contributed by atoms with Crippen molar-refractivity contribution in [2.24, 2.45) is 0 Å². The van der Waals surface area contributed by atoms with Gasteiger partial charge in [0, 0.05) is 69.7 Å². The molecule has 0 amide bonds. The minimum atomic E-state index is 0.619. The van der Waals surface area contributed by atoms with Gasteiger partial charge < -0.3 is 24.0 Å². The summed E-state index contributed by atoms with van der Waals surface area (Å²) in [5.74, 6) is 2.84. The van der Waals surface area contributed by atoms with Gasteiger partial charge in [-0.15, -0.1) is 0 Å². The summed E-state index contributed by atoms with van der Waals surface area (Å²) >= 11 is 0. The zero-order valence-corrected chi connectivity index (χ0v) is 20.7. The van der Waals surface area contributed by atoms with Gasteiger partial charge in [0.25, 0.3) is 0 Å². The number of aromatic nitrogens is 2. The van der Waals surface area contributed by atoms with E-state index in [1.54, 1.807) is 21.3 Å². The molecule has 35 heavy (non-hydrogen) atoms. The molecule has 2 aliphatic heterocycles. The lowest BCUT2D eigenvalue weighted by molar-refractivity contribution is 0.241. The van der Waals surface area contributed by atoms with Gasteiger partial charge in [-0.1, -0.05) is 18.2 Å². The van der Waals surface area contributed by atoms with E-state index < -0.39 is 0 Å². The molecule has 1 aromatic heterocycles. The van der Waals surface area contributed by atoms with Crippen LogP contribution in [0.15, 0.2) is 48.7 Å². The number of piperazine rings is 1. The molecule has 1 fully saturated rings. The molecule has 8 heteroatoms. The Labute approximate surface area is 207 Å². The molecule has 0 saturated carbocycles. The molecule has 5 rings (SSSR count). The number of anilines is 2. The van der Waals surface area contributed by atoms with Crippen molar-refractivity contribution >= 4 is 11.6 Å². The molecule has 0 atom stereocenters. The quantitative estimate of drug-likeness (QED) is 0.515. The smallest absolute Gasteiger partial charge is 0.225 e. The van der Waals surface area contributed by atoms with E-state index in [1.165, 1.54) is 16.9 Å². The fraction of sp³-hybridized carbons (Fsp3) is 0.407. The fourth-order valence-corrected chi connectivity index (χ4v) is 4.94. The van der Waals surface area contributed by atoms with E-state index in [1.807, 2.05) is 18.3 Å². The van der Waals surface area contributed by atoms with Gasteiger partial charge in [0.1, 0.15) is 0 Å². The summed E-state index contributed by atoms with van der Waals surface area (Å²) < 4.78 is 16.5. The molecule has 0 unspecified atom stereocenters. The van der Waals surface area contributed by atoms with Crippen molar-refractivity contribution in [2.75, 3.05) is 63.9 Å². The predicted octanol–water partition coefficient (Wildman–Crippen LogP) is 3.39. The van der Waals surface area contributed by atoms with Crippen LogP contribution in [-0.2, 0) is 19.5 Å². The van der Waals surface area contributed by atoms with E-state index in [0.29, 0.717) is 17.2 Å². The molecule has 184 valence electrons. The van der Waals surface area contributed by atoms with Crippen LogP contribution in [0, 0.1) is 0 Å². The number of fused-ring (bicyclic) bond motifs is 1. The summed E-state index contributed by atoms with van der Waals surface area (Å²) in [4.78, 5) is 16.9. The lowest BCUT2D eigenvalue weighted by Gasteiger charge is -2.36. The van der Waals surface area contributed by atoms with Gasteiger partial charge in [0.15, 0.2) is 11.5 Å². The van der Waals surface area contributed by atoms with Crippen molar-refractivity contribution in [1.82, 2.24) is 14.9 Å². The molecule has 1 saturated heterocycles. The summed E-state index contributed by atoms with van der Waals surface area (Å²) in [6, 6.07) is 14.6. The normalized spacial score (nSPS) is 16.1.